The van der Waals surface area contributed by atoms with Crippen molar-refractivity contribution in [2.24, 2.45) is 0 Å². The maximum absolute atomic E-state index is 13.3. The van der Waals surface area contributed by atoms with Crippen LogP contribution in [0.1, 0.15) is 17.2 Å². The van der Waals surface area contributed by atoms with Gasteiger partial charge in [0.15, 0.2) is 0 Å². The fourth-order valence-corrected chi connectivity index (χ4v) is 3.80. The van der Waals surface area contributed by atoms with E-state index < -0.39 is 0 Å². The van der Waals surface area contributed by atoms with Crippen LogP contribution in [0.25, 0.3) is 0 Å². The smallest absolute Gasteiger partial charge is 0.137 e. The van der Waals surface area contributed by atoms with Crippen molar-refractivity contribution in [3.63, 3.8) is 0 Å². The minimum absolute atomic E-state index is 0.162. The second-order valence-corrected chi connectivity index (χ2v) is 7.08. The predicted molar refractivity (Wildman–Crippen MR) is 91.4 cm³/mol. The normalized spacial score (nSPS) is 12.4. The van der Waals surface area contributed by atoms with Crippen LogP contribution >= 0.6 is 47.8 Å². The van der Waals surface area contributed by atoms with Gasteiger partial charge in [-0.3, -0.25) is 0 Å². The highest BCUT2D eigenvalue weighted by atomic mass is 79.9. The third-order valence-electron chi connectivity index (χ3n) is 3.11. The molecule has 0 spiro atoms. The molecule has 20 heavy (non-hydrogen) atoms. The van der Waals surface area contributed by atoms with Crippen LogP contribution in [0.4, 0.5) is 4.39 Å². The van der Waals surface area contributed by atoms with Gasteiger partial charge in [0.2, 0.25) is 0 Å². The summed E-state index contributed by atoms with van der Waals surface area (Å²) in [4.78, 5) is 0. The van der Waals surface area contributed by atoms with Gasteiger partial charge in [-0.1, -0.05) is 44.0 Å². The molecule has 0 radical (unpaired) electrons. The van der Waals surface area contributed by atoms with Crippen molar-refractivity contribution in [2.75, 3.05) is 7.05 Å². The Hall–Kier alpha value is -0.230. The molecule has 0 amide bonds. The molecule has 0 saturated heterocycles. The highest BCUT2D eigenvalue weighted by Gasteiger charge is 2.14. The van der Waals surface area contributed by atoms with Crippen LogP contribution in [-0.2, 0) is 6.42 Å². The van der Waals surface area contributed by atoms with E-state index >= 15 is 0 Å². The summed E-state index contributed by atoms with van der Waals surface area (Å²) in [6, 6.07) is 11.4. The largest absolute Gasteiger partial charge is 0.313 e. The molecule has 1 unspecified atom stereocenters. The molecule has 1 N–H and O–H groups in total. The van der Waals surface area contributed by atoms with E-state index in [0.29, 0.717) is 4.47 Å². The first-order valence-corrected chi connectivity index (χ1v) is 8.45. The molecular weight excluding hydrogens is 453 g/mol. The summed E-state index contributed by atoms with van der Waals surface area (Å²) in [6.45, 7) is 0. The van der Waals surface area contributed by atoms with Crippen molar-refractivity contribution in [3.05, 3.63) is 66.8 Å². The van der Waals surface area contributed by atoms with E-state index in [4.69, 9.17) is 0 Å². The molecule has 0 fully saturated rings. The van der Waals surface area contributed by atoms with E-state index in [-0.39, 0.29) is 11.9 Å². The molecule has 0 aliphatic rings. The SMILES string of the molecule is CNC(Cc1ccc(F)c(Br)c1)c1ccc(Br)cc1Br. The van der Waals surface area contributed by atoms with Gasteiger partial charge >= 0.3 is 0 Å². The molecule has 0 bridgehead atoms. The topological polar surface area (TPSA) is 12.0 Å². The van der Waals surface area contributed by atoms with Crippen LogP contribution in [0.15, 0.2) is 49.8 Å². The second-order valence-electron chi connectivity index (χ2n) is 4.46. The standard InChI is InChI=1S/C15H13Br3FN/c1-20-15(11-4-3-10(16)8-12(11)17)7-9-2-5-14(19)13(18)6-9/h2-6,8,15,20H,7H2,1H3. The summed E-state index contributed by atoms with van der Waals surface area (Å²) < 4.78 is 15.9. The van der Waals surface area contributed by atoms with E-state index in [0.717, 1.165) is 20.9 Å². The maximum Gasteiger partial charge on any atom is 0.137 e. The van der Waals surface area contributed by atoms with Gasteiger partial charge in [-0.15, -0.1) is 0 Å². The van der Waals surface area contributed by atoms with E-state index in [2.05, 4.69) is 59.2 Å². The third-order valence-corrected chi connectivity index (χ3v) is 4.90. The highest BCUT2D eigenvalue weighted by molar-refractivity contribution is 9.11. The van der Waals surface area contributed by atoms with Crippen molar-refractivity contribution >= 4 is 47.8 Å². The summed E-state index contributed by atoms with van der Waals surface area (Å²) in [5, 5.41) is 3.31. The van der Waals surface area contributed by atoms with E-state index in [1.807, 2.05) is 31.3 Å². The van der Waals surface area contributed by atoms with Crippen LogP contribution in [0.5, 0.6) is 0 Å². The number of rotatable bonds is 4. The third kappa shape index (κ3) is 3.91. The lowest BCUT2D eigenvalue weighted by atomic mass is 9.99. The highest BCUT2D eigenvalue weighted by Crippen LogP contribution is 2.29. The molecule has 1 nitrogen and oxygen atoms in total. The van der Waals surface area contributed by atoms with E-state index in [9.17, 15) is 4.39 Å². The van der Waals surface area contributed by atoms with Crippen LogP contribution in [-0.4, -0.2) is 7.05 Å². The molecule has 0 aliphatic carbocycles. The molecule has 5 heteroatoms. The molecule has 0 heterocycles. The molecule has 2 aromatic rings. The number of likely N-dealkylation sites (N-methyl/N-ethyl adjacent to an activating group) is 1. The van der Waals surface area contributed by atoms with Crippen molar-refractivity contribution in [1.29, 1.82) is 0 Å². The van der Waals surface area contributed by atoms with E-state index in [1.165, 1.54) is 11.6 Å². The van der Waals surface area contributed by atoms with Gasteiger partial charge < -0.3 is 5.32 Å². The summed E-state index contributed by atoms with van der Waals surface area (Å²) in [5.41, 5.74) is 2.25. The van der Waals surface area contributed by atoms with Gasteiger partial charge in [0.1, 0.15) is 5.82 Å². The zero-order valence-electron chi connectivity index (χ0n) is 10.8. The predicted octanol–water partition coefficient (Wildman–Crippen LogP) is 5.62. The van der Waals surface area contributed by atoms with Crippen molar-refractivity contribution < 1.29 is 4.39 Å². The second kappa shape index (κ2) is 7.16. The van der Waals surface area contributed by atoms with Gasteiger partial charge in [-0.25, -0.2) is 4.39 Å². The van der Waals surface area contributed by atoms with Gasteiger partial charge in [-0.05, 0) is 64.8 Å². The van der Waals surface area contributed by atoms with Crippen LogP contribution in [0.2, 0.25) is 0 Å². The first kappa shape index (κ1) is 16.1. The molecule has 0 saturated carbocycles. The Labute approximate surface area is 143 Å². The zero-order valence-corrected chi connectivity index (χ0v) is 15.5. The van der Waals surface area contributed by atoms with Gasteiger partial charge in [-0.2, -0.15) is 0 Å². The fourth-order valence-electron chi connectivity index (χ4n) is 2.05. The van der Waals surface area contributed by atoms with Gasteiger partial charge in [0, 0.05) is 15.0 Å². The fraction of sp³-hybridized carbons (Fsp3) is 0.200. The lowest BCUT2D eigenvalue weighted by Crippen LogP contribution is -2.19. The first-order valence-electron chi connectivity index (χ1n) is 6.07. The Morgan fingerprint density at radius 2 is 1.80 bits per heavy atom. The molecule has 0 aliphatic heterocycles. The molecule has 2 rings (SSSR count). The molecule has 1 atom stereocenters. The number of halogens is 4. The quantitative estimate of drug-likeness (QED) is 0.618. The lowest BCUT2D eigenvalue weighted by molar-refractivity contribution is 0.585. The van der Waals surface area contributed by atoms with Crippen LogP contribution < -0.4 is 5.32 Å². The van der Waals surface area contributed by atoms with Crippen LogP contribution in [0, 0.1) is 5.82 Å². The molecule has 0 aromatic heterocycles. The maximum atomic E-state index is 13.3. The summed E-state index contributed by atoms with van der Waals surface area (Å²) in [6.07, 6.45) is 0.787. The zero-order chi connectivity index (χ0) is 14.7. The number of benzene rings is 2. The van der Waals surface area contributed by atoms with Crippen molar-refractivity contribution in [2.45, 2.75) is 12.5 Å². The number of hydrogen-bond donors (Lipinski definition) is 1. The minimum atomic E-state index is -0.237. The number of hydrogen-bond acceptors (Lipinski definition) is 1. The lowest BCUT2D eigenvalue weighted by Gasteiger charge is -2.19. The Balaban J connectivity index is 2.26. The van der Waals surface area contributed by atoms with E-state index in [1.54, 1.807) is 0 Å². The first-order chi connectivity index (χ1) is 9.51. The molecule has 106 valence electrons. The minimum Gasteiger partial charge on any atom is -0.313 e. The monoisotopic (exact) mass is 463 g/mol. The number of nitrogens with one attached hydrogen (secondary N) is 1. The molecular formula is C15H13Br3FN. The van der Waals surface area contributed by atoms with Gasteiger partial charge in [0.05, 0.1) is 4.47 Å². The summed E-state index contributed by atoms with van der Waals surface area (Å²) >= 11 is 10.3. The Kier molecular flexibility index (Phi) is 5.78. The van der Waals surface area contributed by atoms with Crippen LogP contribution in [0.3, 0.4) is 0 Å². The summed E-state index contributed by atoms with van der Waals surface area (Å²) in [7, 11) is 1.93. The van der Waals surface area contributed by atoms with Crippen molar-refractivity contribution in [1.82, 2.24) is 5.32 Å². The summed E-state index contributed by atoms with van der Waals surface area (Å²) in [5.74, 6) is -0.237. The van der Waals surface area contributed by atoms with Gasteiger partial charge in [0.25, 0.3) is 0 Å². The average molecular weight is 466 g/mol. The Bertz CT molecular complexity index is 616. The Morgan fingerprint density at radius 3 is 2.40 bits per heavy atom. The molecule has 2 aromatic carbocycles. The Morgan fingerprint density at radius 1 is 1.05 bits per heavy atom. The van der Waals surface area contributed by atoms with Crippen molar-refractivity contribution in [3.8, 4) is 0 Å². The average Bonchev–Trinajstić information content (AvgIpc) is 2.41.